The van der Waals surface area contributed by atoms with Crippen LogP contribution < -0.4 is 5.32 Å². The van der Waals surface area contributed by atoms with Crippen molar-refractivity contribution in [2.24, 2.45) is 16.7 Å². The molecule has 0 radical (unpaired) electrons. The summed E-state index contributed by atoms with van der Waals surface area (Å²) in [6, 6.07) is 4.74. The summed E-state index contributed by atoms with van der Waals surface area (Å²) in [5.74, 6) is 0.859. The second kappa shape index (κ2) is 4.99. The fourth-order valence-corrected chi connectivity index (χ4v) is 6.97. The van der Waals surface area contributed by atoms with E-state index in [2.05, 4.69) is 86.0 Å². The van der Waals surface area contributed by atoms with Crippen molar-refractivity contribution < 1.29 is 0 Å². The molecule has 2 aliphatic rings. The van der Waals surface area contributed by atoms with E-state index >= 15 is 0 Å². The summed E-state index contributed by atoms with van der Waals surface area (Å²) in [7, 11) is 0. The van der Waals surface area contributed by atoms with Gasteiger partial charge in [-0.05, 0) is 80.0 Å². The van der Waals surface area contributed by atoms with Gasteiger partial charge in [-0.2, -0.15) is 0 Å². The third-order valence-electron chi connectivity index (χ3n) is 5.57. The van der Waals surface area contributed by atoms with Gasteiger partial charge in [-0.3, -0.25) is 0 Å². The third-order valence-corrected chi connectivity index (χ3v) is 7.27. The molecule has 0 aliphatic heterocycles. The van der Waals surface area contributed by atoms with Crippen LogP contribution in [-0.2, 0) is 0 Å². The molecule has 2 saturated carbocycles. The molecule has 0 saturated heterocycles. The van der Waals surface area contributed by atoms with E-state index in [1.807, 2.05) is 0 Å². The van der Waals surface area contributed by atoms with Crippen molar-refractivity contribution >= 4 is 53.5 Å². The second-order valence-electron chi connectivity index (χ2n) is 7.24. The van der Waals surface area contributed by atoms with Gasteiger partial charge in [0.05, 0.1) is 5.69 Å². The molecule has 2 bridgehead atoms. The molecule has 1 nitrogen and oxygen atoms in total. The number of fused-ring (bicyclic) bond motifs is 2. The minimum Gasteiger partial charge on any atom is -0.379 e. The molecule has 0 spiro atoms. The van der Waals surface area contributed by atoms with Crippen LogP contribution in [0, 0.1) is 16.7 Å². The first-order chi connectivity index (χ1) is 9.24. The maximum absolute atomic E-state index is 3.85. The van der Waals surface area contributed by atoms with Gasteiger partial charge in [-0.1, -0.05) is 36.7 Å². The molecule has 20 heavy (non-hydrogen) atoms. The summed E-state index contributed by atoms with van der Waals surface area (Å²) in [4.78, 5) is 0. The number of nitrogens with one attached hydrogen (secondary N) is 1. The Bertz CT molecular complexity index is 527. The van der Waals surface area contributed by atoms with E-state index < -0.39 is 0 Å². The van der Waals surface area contributed by atoms with Crippen molar-refractivity contribution in [3.05, 3.63) is 25.6 Å². The number of hydrogen-bond donors (Lipinski definition) is 1. The van der Waals surface area contributed by atoms with Gasteiger partial charge in [0.1, 0.15) is 0 Å². The summed E-state index contributed by atoms with van der Waals surface area (Å²) in [5, 5.41) is 3.85. The minimum atomic E-state index is 0.360. The van der Waals surface area contributed by atoms with Gasteiger partial charge in [-0.15, -0.1) is 0 Å². The van der Waals surface area contributed by atoms with Crippen molar-refractivity contribution in [1.29, 1.82) is 0 Å². The highest BCUT2D eigenvalue weighted by atomic mass is 79.9. The van der Waals surface area contributed by atoms with E-state index in [1.54, 1.807) is 0 Å². The van der Waals surface area contributed by atoms with Crippen LogP contribution in [0.1, 0.15) is 40.0 Å². The van der Waals surface area contributed by atoms with Crippen LogP contribution in [-0.4, -0.2) is 6.04 Å². The molecule has 110 valence electrons. The quantitative estimate of drug-likeness (QED) is 0.518. The van der Waals surface area contributed by atoms with Crippen LogP contribution in [0.2, 0.25) is 0 Å². The van der Waals surface area contributed by atoms with Crippen molar-refractivity contribution in [3.8, 4) is 0 Å². The lowest BCUT2D eigenvalue weighted by Gasteiger charge is -2.44. The van der Waals surface area contributed by atoms with Crippen LogP contribution in [0.25, 0.3) is 0 Å². The van der Waals surface area contributed by atoms with Gasteiger partial charge in [-0.25, -0.2) is 0 Å². The maximum atomic E-state index is 3.85. The summed E-state index contributed by atoms with van der Waals surface area (Å²) in [6.45, 7) is 7.32. The Labute approximate surface area is 146 Å². The number of anilines is 1. The molecule has 1 aromatic rings. The Kier molecular flexibility index (Phi) is 3.83. The zero-order valence-electron chi connectivity index (χ0n) is 12.1. The molecule has 0 aromatic heterocycles. The van der Waals surface area contributed by atoms with Crippen LogP contribution in [0.15, 0.2) is 25.6 Å². The van der Waals surface area contributed by atoms with Crippen molar-refractivity contribution in [2.45, 2.75) is 46.1 Å². The highest BCUT2D eigenvalue weighted by molar-refractivity contribution is 9.11. The predicted molar refractivity (Wildman–Crippen MR) is 96.2 cm³/mol. The number of rotatable bonds is 2. The van der Waals surface area contributed by atoms with Crippen molar-refractivity contribution in [2.75, 3.05) is 5.32 Å². The van der Waals surface area contributed by atoms with E-state index in [0.717, 1.165) is 19.3 Å². The normalized spacial score (nSPS) is 34.5. The monoisotopic (exact) mass is 463 g/mol. The molecule has 0 heterocycles. The second-order valence-corrected chi connectivity index (χ2v) is 9.86. The van der Waals surface area contributed by atoms with Crippen LogP contribution >= 0.6 is 47.8 Å². The molecular weight excluding hydrogens is 446 g/mol. The molecule has 0 amide bonds. The molecule has 1 N–H and O–H groups in total. The molecule has 3 rings (SSSR count). The Balaban J connectivity index is 1.96. The average molecular weight is 466 g/mol. The summed E-state index contributed by atoms with van der Waals surface area (Å²) >= 11 is 10.9. The smallest absolute Gasteiger partial charge is 0.0632 e. The number of hydrogen-bond acceptors (Lipinski definition) is 1. The third kappa shape index (κ3) is 2.30. The first kappa shape index (κ1) is 15.4. The minimum absolute atomic E-state index is 0.360. The van der Waals surface area contributed by atoms with Gasteiger partial charge < -0.3 is 5.32 Å². The summed E-state index contributed by atoms with van der Waals surface area (Å²) in [5.41, 5.74) is 1.97. The highest BCUT2D eigenvalue weighted by Crippen LogP contribution is 2.63. The van der Waals surface area contributed by atoms with Crippen molar-refractivity contribution in [1.82, 2.24) is 0 Å². The lowest BCUT2D eigenvalue weighted by atomic mass is 9.68. The van der Waals surface area contributed by atoms with Gasteiger partial charge in [0.2, 0.25) is 0 Å². The van der Waals surface area contributed by atoms with Crippen LogP contribution in [0.3, 0.4) is 0 Å². The fourth-order valence-electron chi connectivity index (χ4n) is 4.49. The van der Waals surface area contributed by atoms with Gasteiger partial charge in [0.25, 0.3) is 0 Å². The van der Waals surface area contributed by atoms with Gasteiger partial charge >= 0.3 is 0 Å². The zero-order valence-corrected chi connectivity index (χ0v) is 16.8. The van der Waals surface area contributed by atoms with Crippen molar-refractivity contribution in [3.63, 3.8) is 0 Å². The average Bonchev–Trinajstić information content (AvgIpc) is 2.77. The van der Waals surface area contributed by atoms with Gasteiger partial charge in [0, 0.05) is 19.5 Å². The SMILES string of the molecule is CC12CCC(C1)C(C)(C)C2Nc1c(Br)cc(Br)cc1Br. The molecule has 2 aliphatic carbocycles. The predicted octanol–water partition coefficient (Wildman–Crippen LogP) is 6.60. The fraction of sp³-hybridized carbons (Fsp3) is 0.625. The number of halogens is 3. The molecule has 3 atom stereocenters. The lowest BCUT2D eigenvalue weighted by Crippen LogP contribution is -2.45. The zero-order chi connectivity index (χ0) is 14.7. The van der Waals surface area contributed by atoms with E-state index in [-0.39, 0.29) is 0 Å². The molecule has 2 fully saturated rings. The van der Waals surface area contributed by atoms with Crippen LogP contribution in [0.5, 0.6) is 0 Å². The molecule has 4 heteroatoms. The molecular formula is C16H20Br3N. The number of benzene rings is 1. The van der Waals surface area contributed by atoms with E-state index in [4.69, 9.17) is 0 Å². The highest BCUT2D eigenvalue weighted by Gasteiger charge is 2.59. The summed E-state index contributed by atoms with van der Waals surface area (Å²) < 4.78 is 3.31. The Morgan fingerprint density at radius 2 is 1.70 bits per heavy atom. The maximum Gasteiger partial charge on any atom is 0.0632 e. The Morgan fingerprint density at radius 1 is 1.10 bits per heavy atom. The molecule has 3 unspecified atom stereocenters. The van der Waals surface area contributed by atoms with E-state index in [0.29, 0.717) is 16.9 Å². The first-order valence-electron chi connectivity index (χ1n) is 7.15. The van der Waals surface area contributed by atoms with Crippen LogP contribution in [0.4, 0.5) is 5.69 Å². The Hall–Kier alpha value is 0.460. The standard InChI is InChI=1S/C16H20Br3N/c1-15(2)9-4-5-16(3,8-9)14(15)20-13-11(18)6-10(17)7-12(13)19/h6-7,9,14,20H,4-5,8H2,1-3H3. The topological polar surface area (TPSA) is 12.0 Å². The van der Waals surface area contributed by atoms with E-state index in [9.17, 15) is 0 Å². The largest absolute Gasteiger partial charge is 0.379 e. The Morgan fingerprint density at radius 3 is 2.20 bits per heavy atom. The first-order valence-corrected chi connectivity index (χ1v) is 9.53. The van der Waals surface area contributed by atoms with Gasteiger partial charge in [0.15, 0.2) is 0 Å². The lowest BCUT2D eigenvalue weighted by molar-refractivity contribution is 0.155. The summed E-state index contributed by atoms with van der Waals surface area (Å²) in [6.07, 6.45) is 4.11. The van der Waals surface area contributed by atoms with E-state index in [1.165, 1.54) is 24.9 Å². The molecule has 1 aromatic carbocycles.